The molecule has 27 heavy (non-hydrogen) atoms. The number of rotatable bonds is 10. The summed E-state index contributed by atoms with van der Waals surface area (Å²) in [6.07, 6.45) is 1.96. The van der Waals surface area contributed by atoms with Crippen LogP contribution < -0.4 is 5.32 Å². The minimum atomic E-state index is 0. The van der Waals surface area contributed by atoms with Crippen LogP contribution in [0, 0.1) is 6.92 Å². The number of aromatic nitrogens is 3. The van der Waals surface area contributed by atoms with E-state index in [-0.39, 0.29) is 24.0 Å². The number of aliphatic imine (C=N–C) groups is 1. The Labute approximate surface area is 183 Å². The van der Waals surface area contributed by atoms with E-state index in [1.807, 2.05) is 25.5 Å². The lowest BCUT2D eigenvalue weighted by molar-refractivity contribution is 0.145. The smallest absolute Gasteiger partial charge is 0.194 e. The second kappa shape index (κ2) is 13.1. The summed E-state index contributed by atoms with van der Waals surface area (Å²) in [5.41, 5.74) is 0. The van der Waals surface area contributed by atoms with Crippen molar-refractivity contribution in [2.75, 3.05) is 33.4 Å². The van der Waals surface area contributed by atoms with Crippen LogP contribution in [0.1, 0.15) is 29.9 Å². The van der Waals surface area contributed by atoms with Crippen LogP contribution in [-0.4, -0.2) is 59.0 Å². The number of aryl methyl sites for hydroxylation is 1. The van der Waals surface area contributed by atoms with Crippen LogP contribution in [0.15, 0.2) is 22.5 Å². The first kappa shape index (κ1) is 23.8. The van der Waals surface area contributed by atoms with Crippen molar-refractivity contribution in [1.29, 1.82) is 0 Å². The van der Waals surface area contributed by atoms with Crippen LogP contribution in [0.2, 0.25) is 0 Å². The second-order valence-corrected chi connectivity index (χ2v) is 7.12. The van der Waals surface area contributed by atoms with Crippen molar-refractivity contribution in [2.45, 2.75) is 33.2 Å². The summed E-state index contributed by atoms with van der Waals surface area (Å²) in [5, 5.41) is 13.9. The molecular formula is C18H31IN6OS. The minimum Gasteiger partial charge on any atom is -0.382 e. The molecule has 0 aliphatic rings. The number of likely N-dealkylation sites (N-methyl/N-ethyl adjacent to an activating group) is 1. The molecule has 2 aromatic heterocycles. The fourth-order valence-corrected chi connectivity index (χ4v) is 3.10. The molecule has 0 unspecified atom stereocenters. The second-order valence-electron chi connectivity index (χ2n) is 6.09. The summed E-state index contributed by atoms with van der Waals surface area (Å²) < 4.78 is 7.38. The Balaban J connectivity index is 0.00000364. The van der Waals surface area contributed by atoms with Crippen LogP contribution in [0.4, 0.5) is 0 Å². The molecule has 2 heterocycles. The van der Waals surface area contributed by atoms with Gasteiger partial charge in [0, 0.05) is 45.3 Å². The number of guanidine groups is 1. The highest BCUT2D eigenvalue weighted by Gasteiger charge is 2.09. The molecule has 7 nitrogen and oxygen atoms in total. The van der Waals surface area contributed by atoms with Gasteiger partial charge < -0.3 is 19.5 Å². The van der Waals surface area contributed by atoms with Crippen molar-refractivity contribution >= 4 is 41.3 Å². The third-order valence-corrected chi connectivity index (χ3v) is 5.08. The summed E-state index contributed by atoms with van der Waals surface area (Å²) in [5.74, 6) is 2.65. The monoisotopic (exact) mass is 506 g/mol. The average molecular weight is 506 g/mol. The van der Waals surface area contributed by atoms with Gasteiger partial charge in [0.25, 0.3) is 0 Å². The highest BCUT2D eigenvalue weighted by molar-refractivity contribution is 14.0. The van der Waals surface area contributed by atoms with E-state index >= 15 is 0 Å². The van der Waals surface area contributed by atoms with Gasteiger partial charge in [-0.25, -0.2) is 4.99 Å². The van der Waals surface area contributed by atoms with Gasteiger partial charge in [-0.15, -0.1) is 45.5 Å². The molecule has 152 valence electrons. The highest BCUT2D eigenvalue weighted by Crippen LogP contribution is 2.09. The molecule has 9 heteroatoms. The van der Waals surface area contributed by atoms with Crippen molar-refractivity contribution in [2.24, 2.45) is 12.0 Å². The van der Waals surface area contributed by atoms with Crippen molar-refractivity contribution in [3.8, 4) is 0 Å². The quantitative estimate of drug-likeness (QED) is 0.232. The predicted molar refractivity (Wildman–Crippen MR) is 122 cm³/mol. The molecule has 0 atom stereocenters. The first-order chi connectivity index (χ1) is 12.6. The Morgan fingerprint density at radius 3 is 2.85 bits per heavy atom. The van der Waals surface area contributed by atoms with Crippen LogP contribution in [-0.2, 0) is 24.8 Å². The molecule has 0 saturated carbocycles. The van der Waals surface area contributed by atoms with Crippen LogP contribution in [0.25, 0.3) is 0 Å². The maximum Gasteiger partial charge on any atom is 0.194 e. The van der Waals surface area contributed by atoms with Crippen LogP contribution in [0.5, 0.6) is 0 Å². The Hall–Kier alpha value is -1.20. The van der Waals surface area contributed by atoms with Crippen LogP contribution >= 0.6 is 35.3 Å². The van der Waals surface area contributed by atoms with E-state index < -0.39 is 0 Å². The Morgan fingerprint density at radius 2 is 2.22 bits per heavy atom. The van der Waals surface area contributed by atoms with Gasteiger partial charge in [-0.2, -0.15) is 0 Å². The summed E-state index contributed by atoms with van der Waals surface area (Å²) in [6, 6.07) is 4.27. The topological polar surface area (TPSA) is 67.6 Å². The van der Waals surface area contributed by atoms with Gasteiger partial charge in [0.15, 0.2) is 11.8 Å². The zero-order chi connectivity index (χ0) is 18.8. The lowest BCUT2D eigenvalue weighted by atomic mass is 10.3. The fraction of sp³-hybridized carbons (Fsp3) is 0.611. The van der Waals surface area contributed by atoms with Crippen LogP contribution in [0.3, 0.4) is 0 Å². The molecule has 0 bridgehead atoms. The lowest BCUT2D eigenvalue weighted by Gasteiger charge is -2.22. The third-order valence-electron chi connectivity index (χ3n) is 4.14. The standard InChI is InChI=1S/C18H30N6OS.HI/c1-5-25-12-7-10-19-18(20-14-17-22-21-15(2)24(17)4)23(3)11-9-16-8-6-13-26-16;/h6,8,13H,5,7,9-12,14H2,1-4H3,(H,19,20);1H. The number of nitrogens with one attached hydrogen (secondary N) is 1. The molecular weight excluding hydrogens is 475 g/mol. The summed E-state index contributed by atoms with van der Waals surface area (Å²) in [6.45, 7) is 7.73. The van der Waals surface area contributed by atoms with Crippen molar-refractivity contribution in [3.63, 3.8) is 0 Å². The van der Waals surface area contributed by atoms with E-state index in [2.05, 4.69) is 45.0 Å². The zero-order valence-electron chi connectivity index (χ0n) is 16.6. The SMILES string of the molecule is CCOCCCNC(=NCc1nnc(C)n1C)N(C)CCc1cccs1.I. The van der Waals surface area contributed by atoms with E-state index in [9.17, 15) is 0 Å². The number of hydrogen-bond acceptors (Lipinski definition) is 5. The molecule has 1 N–H and O–H groups in total. The van der Waals surface area contributed by atoms with Gasteiger partial charge in [-0.05, 0) is 38.1 Å². The van der Waals surface area contributed by atoms with Gasteiger partial charge in [-0.3, -0.25) is 0 Å². The predicted octanol–water partition coefficient (Wildman–Crippen LogP) is 2.85. The number of ether oxygens (including phenoxy) is 1. The van der Waals surface area contributed by atoms with Crippen molar-refractivity contribution in [3.05, 3.63) is 34.0 Å². The lowest BCUT2D eigenvalue weighted by Crippen LogP contribution is -2.40. The summed E-state index contributed by atoms with van der Waals surface area (Å²) >= 11 is 1.79. The Kier molecular flexibility index (Phi) is 11.5. The highest BCUT2D eigenvalue weighted by atomic mass is 127. The van der Waals surface area contributed by atoms with Crippen molar-refractivity contribution < 1.29 is 4.74 Å². The Bertz CT molecular complexity index is 673. The number of nitrogens with zero attached hydrogens (tertiary/aromatic N) is 5. The van der Waals surface area contributed by atoms with E-state index in [1.165, 1.54) is 4.88 Å². The number of hydrogen-bond donors (Lipinski definition) is 1. The number of halogens is 1. The maximum absolute atomic E-state index is 5.41. The van der Waals surface area contributed by atoms with Gasteiger partial charge in [0.1, 0.15) is 12.4 Å². The maximum atomic E-state index is 5.41. The van der Waals surface area contributed by atoms with Crippen molar-refractivity contribution in [1.82, 2.24) is 25.0 Å². The molecule has 0 spiro atoms. The van der Waals surface area contributed by atoms with E-state index in [4.69, 9.17) is 9.73 Å². The largest absolute Gasteiger partial charge is 0.382 e. The summed E-state index contributed by atoms with van der Waals surface area (Å²) in [4.78, 5) is 8.31. The molecule has 0 radical (unpaired) electrons. The Morgan fingerprint density at radius 1 is 1.41 bits per heavy atom. The van der Waals surface area contributed by atoms with E-state index in [0.29, 0.717) is 6.54 Å². The first-order valence-corrected chi connectivity index (χ1v) is 9.94. The van der Waals surface area contributed by atoms with Gasteiger partial charge in [0.2, 0.25) is 0 Å². The molecule has 0 aromatic carbocycles. The number of thiophene rings is 1. The fourth-order valence-electron chi connectivity index (χ4n) is 2.40. The van der Waals surface area contributed by atoms with Gasteiger partial charge in [0.05, 0.1) is 0 Å². The molecule has 0 aliphatic heterocycles. The molecule has 0 aliphatic carbocycles. The molecule has 2 aromatic rings. The third kappa shape index (κ3) is 8.14. The van der Waals surface area contributed by atoms with Gasteiger partial charge in [-0.1, -0.05) is 6.07 Å². The normalized spacial score (nSPS) is 11.3. The van der Waals surface area contributed by atoms with Gasteiger partial charge >= 0.3 is 0 Å². The molecule has 2 rings (SSSR count). The average Bonchev–Trinajstić information content (AvgIpc) is 3.27. The first-order valence-electron chi connectivity index (χ1n) is 9.06. The summed E-state index contributed by atoms with van der Waals surface area (Å²) in [7, 11) is 4.04. The van der Waals surface area contributed by atoms with E-state index in [1.54, 1.807) is 11.3 Å². The van der Waals surface area contributed by atoms with E-state index in [0.717, 1.165) is 56.8 Å². The zero-order valence-corrected chi connectivity index (χ0v) is 19.8. The molecule has 0 saturated heterocycles. The minimum absolute atomic E-state index is 0. The molecule has 0 amide bonds. The molecule has 0 fully saturated rings.